The molecule has 0 radical (unpaired) electrons. The molecule has 0 bridgehead atoms. The van der Waals surface area contributed by atoms with Crippen LogP contribution in [0.5, 0.6) is 0 Å². The fourth-order valence-corrected chi connectivity index (χ4v) is 2.81. The fraction of sp³-hybridized carbons (Fsp3) is 0.286. The van der Waals surface area contributed by atoms with Crippen LogP contribution in [0.3, 0.4) is 0 Å². The minimum Gasteiger partial charge on any atom is -0.448 e. The SMILES string of the molecule is Cc1cc(C)c(C(Cl)c2ccc(Cl)o2)c(C)c1. The lowest BCUT2D eigenvalue weighted by molar-refractivity contribution is 0.517. The molecule has 2 rings (SSSR count). The zero-order valence-corrected chi connectivity index (χ0v) is 11.6. The van der Waals surface area contributed by atoms with Gasteiger partial charge in [-0.25, -0.2) is 0 Å². The molecule has 0 fully saturated rings. The molecule has 17 heavy (non-hydrogen) atoms. The molecule has 1 atom stereocenters. The van der Waals surface area contributed by atoms with Crippen molar-refractivity contribution in [2.75, 3.05) is 0 Å². The fourth-order valence-electron chi connectivity index (χ4n) is 2.20. The lowest BCUT2D eigenvalue weighted by atomic mass is 9.96. The summed E-state index contributed by atoms with van der Waals surface area (Å²) in [6.45, 7) is 6.21. The molecule has 0 aliphatic carbocycles. The van der Waals surface area contributed by atoms with E-state index in [0.29, 0.717) is 11.0 Å². The number of hydrogen-bond acceptors (Lipinski definition) is 1. The molecule has 0 saturated heterocycles. The van der Waals surface area contributed by atoms with Crippen LogP contribution < -0.4 is 0 Å². The quantitative estimate of drug-likeness (QED) is 0.684. The first-order chi connectivity index (χ1) is 7.99. The van der Waals surface area contributed by atoms with Gasteiger partial charge in [-0.05, 0) is 61.2 Å². The van der Waals surface area contributed by atoms with Gasteiger partial charge in [-0.3, -0.25) is 0 Å². The Morgan fingerprint density at radius 2 is 1.65 bits per heavy atom. The Kier molecular flexibility index (Phi) is 3.50. The highest BCUT2D eigenvalue weighted by Crippen LogP contribution is 2.35. The maximum Gasteiger partial charge on any atom is 0.193 e. The number of halogens is 2. The zero-order chi connectivity index (χ0) is 12.6. The van der Waals surface area contributed by atoms with Crippen molar-refractivity contribution in [2.24, 2.45) is 0 Å². The van der Waals surface area contributed by atoms with Gasteiger partial charge in [0, 0.05) is 0 Å². The summed E-state index contributed by atoms with van der Waals surface area (Å²) in [6, 6.07) is 7.79. The second-order valence-corrected chi connectivity index (χ2v) is 5.13. The van der Waals surface area contributed by atoms with E-state index in [0.717, 1.165) is 5.56 Å². The van der Waals surface area contributed by atoms with Crippen LogP contribution >= 0.6 is 23.2 Å². The molecular weight excluding hydrogens is 255 g/mol. The Bertz CT molecular complexity index is 520. The normalized spacial score (nSPS) is 12.8. The first-order valence-corrected chi connectivity index (χ1v) is 6.27. The summed E-state index contributed by atoms with van der Waals surface area (Å²) in [5.74, 6) is 0.687. The topological polar surface area (TPSA) is 13.1 Å². The third-order valence-corrected chi connectivity index (χ3v) is 3.47. The molecule has 1 heterocycles. The molecular formula is C14H14Cl2O. The molecule has 1 unspecified atom stereocenters. The maximum absolute atomic E-state index is 6.46. The highest BCUT2D eigenvalue weighted by molar-refractivity contribution is 6.29. The Morgan fingerprint density at radius 3 is 2.12 bits per heavy atom. The Balaban J connectivity index is 2.47. The summed E-state index contributed by atoms with van der Waals surface area (Å²) in [5, 5.41) is 0.0798. The van der Waals surface area contributed by atoms with Crippen LogP contribution in [0.4, 0.5) is 0 Å². The summed E-state index contributed by atoms with van der Waals surface area (Å²) < 4.78 is 5.37. The van der Waals surface area contributed by atoms with Crippen LogP contribution in [0.25, 0.3) is 0 Å². The van der Waals surface area contributed by atoms with Crippen molar-refractivity contribution in [1.82, 2.24) is 0 Å². The number of hydrogen-bond donors (Lipinski definition) is 0. The van der Waals surface area contributed by atoms with Crippen molar-refractivity contribution < 1.29 is 4.42 Å². The summed E-state index contributed by atoms with van der Waals surface area (Å²) in [6.07, 6.45) is 0. The van der Waals surface area contributed by atoms with Gasteiger partial charge in [0.15, 0.2) is 5.22 Å². The molecule has 2 aromatic rings. The predicted octanol–water partition coefficient (Wildman–Crippen LogP) is 5.19. The van der Waals surface area contributed by atoms with E-state index >= 15 is 0 Å². The van der Waals surface area contributed by atoms with Crippen molar-refractivity contribution in [2.45, 2.75) is 26.1 Å². The summed E-state index contributed by atoms with van der Waals surface area (Å²) in [4.78, 5) is 0. The van der Waals surface area contributed by atoms with Crippen LogP contribution in [0.2, 0.25) is 5.22 Å². The van der Waals surface area contributed by atoms with Crippen molar-refractivity contribution >= 4 is 23.2 Å². The average molecular weight is 269 g/mol. The smallest absolute Gasteiger partial charge is 0.193 e. The highest BCUT2D eigenvalue weighted by atomic mass is 35.5. The number of furan rings is 1. The van der Waals surface area contributed by atoms with Crippen LogP contribution in [-0.2, 0) is 0 Å². The van der Waals surface area contributed by atoms with E-state index in [9.17, 15) is 0 Å². The Morgan fingerprint density at radius 1 is 1.06 bits per heavy atom. The van der Waals surface area contributed by atoms with Crippen LogP contribution in [-0.4, -0.2) is 0 Å². The molecule has 1 nitrogen and oxygen atoms in total. The van der Waals surface area contributed by atoms with Gasteiger partial charge in [0.25, 0.3) is 0 Å². The van der Waals surface area contributed by atoms with Gasteiger partial charge >= 0.3 is 0 Å². The van der Waals surface area contributed by atoms with Gasteiger partial charge in [0.1, 0.15) is 11.1 Å². The van der Waals surface area contributed by atoms with E-state index in [1.807, 2.05) is 6.07 Å². The van der Waals surface area contributed by atoms with Gasteiger partial charge in [-0.15, -0.1) is 11.6 Å². The van der Waals surface area contributed by atoms with E-state index in [4.69, 9.17) is 27.6 Å². The van der Waals surface area contributed by atoms with Crippen LogP contribution in [0.15, 0.2) is 28.7 Å². The molecule has 0 saturated carbocycles. The molecule has 3 heteroatoms. The summed E-state index contributed by atoms with van der Waals surface area (Å²) in [5.41, 5.74) is 4.69. The largest absolute Gasteiger partial charge is 0.448 e. The Labute approximate surface area is 111 Å². The molecule has 1 aromatic carbocycles. The third kappa shape index (κ3) is 2.51. The average Bonchev–Trinajstić information content (AvgIpc) is 2.63. The van der Waals surface area contributed by atoms with Crippen molar-refractivity contribution in [3.05, 3.63) is 57.5 Å². The van der Waals surface area contributed by atoms with E-state index in [2.05, 4.69) is 32.9 Å². The minimum absolute atomic E-state index is 0.289. The predicted molar refractivity (Wildman–Crippen MR) is 72.1 cm³/mol. The number of alkyl halides is 1. The van der Waals surface area contributed by atoms with Gasteiger partial charge in [0.05, 0.1) is 0 Å². The van der Waals surface area contributed by atoms with Gasteiger partial charge < -0.3 is 4.42 Å². The van der Waals surface area contributed by atoms with E-state index in [1.54, 1.807) is 6.07 Å². The molecule has 0 spiro atoms. The second kappa shape index (κ2) is 4.75. The minimum atomic E-state index is -0.289. The lowest BCUT2D eigenvalue weighted by Crippen LogP contribution is -1.99. The van der Waals surface area contributed by atoms with E-state index < -0.39 is 0 Å². The van der Waals surface area contributed by atoms with Crippen molar-refractivity contribution in [3.63, 3.8) is 0 Å². The zero-order valence-electron chi connectivity index (χ0n) is 10.1. The highest BCUT2D eigenvalue weighted by Gasteiger charge is 2.19. The summed E-state index contributed by atoms with van der Waals surface area (Å²) in [7, 11) is 0. The van der Waals surface area contributed by atoms with Crippen LogP contribution in [0.1, 0.15) is 33.4 Å². The summed E-state index contributed by atoms with van der Waals surface area (Å²) >= 11 is 12.2. The van der Waals surface area contributed by atoms with Crippen molar-refractivity contribution in [1.29, 1.82) is 0 Å². The van der Waals surface area contributed by atoms with Crippen molar-refractivity contribution in [3.8, 4) is 0 Å². The molecule has 1 aromatic heterocycles. The molecule has 0 N–H and O–H groups in total. The first-order valence-electron chi connectivity index (χ1n) is 5.46. The molecule has 90 valence electrons. The Hall–Kier alpha value is -0.920. The van der Waals surface area contributed by atoms with Gasteiger partial charge in [0.2, 0.25) is 0 Å². The van der Waals surface area contributed by atoms with Gasteiger partial charge in [-0.1, -0.05) is 17.7 Å². The van der Waals surface area contributed by atoms with Gasteiger partial charge in [-0.2, -0.15) is 0 Å². The standard InChI is InChI=1S/C14H14Cl2O/c1-8-6-9(2)13(10(3)7-8)14(16)11-4-5-12(15)17-11/h4-7,14H,1-3H3. The first kappa shape index (κ1) is 12.5. The van der Waals surface area contributed by atoms with E-state index in [1.165, 1.54) is 16.7 Å². The maximum atomic E-state index is 6.46. The molecule has 0 aliphatic heterocycles. The van der Waals surface area contributed by atoms with E-state index in [-0.39, 0.29) is 5.38 Å². The number of rotatable bonds is 2. The monoisotopic (exact) mass is 268 g/mol. The second-order valence-electron chi connectivity index (χ2n) is 4.32. The number of aryl methyl sites for hydroxylation is 3. The lowest BCUT2D eigenvalue weighted by Gasteiger charge is -2.15. The third-order valence-electron chi connectivity index (χ3n) is 2.84. The number of benzene rings is 1. The molecule has 0 aliphatic rings. The van der Waals surface area contributed by atoms with Crippen LogP contribution in [0, 0.1) is 20.8 Å². The molecule has 0 amide bonds.